The van der Waals surface area contributed by atoms with E-state index < -0.39 is 0 Å². The van der Waals surface area contributed by atoms with Crippen LogP contribution >= 0.6 is 59.4 Å². The Kier molecular flexibility index (Phi) is 8.25. The first-order chi connectivity index (χ1) is 16.3. The maximum absolute atomic E-state index is 10.2. The molecule has 1 aliphatic rings. The minimum atomic E-state index is 0.0712. The van der Waals surface area contributed by atoms with Gasteiger partial charge in [-0.3, -0.25) is 0 Å². The fourth-order valence-electron chi connectivity index (χ4n) is 3.08. The molecule has 0 radical (unpaired) electrons. The molecule has 13 heteroatoms. The molecule has 9 nitrogen and oxygen atoms in total. The first kappa shape index (κ1) is 25.1. The molecule has 3 N–H and O–H groups in total. The maximum Gasteiger partial charge on any atom is 0.250 e. The van der Waals surface area contributed by atoms with E-state index in [1.54, 1.807) is 18.2 Å². The van der Waals surface area contributed by atoms with Gasteiger partial charge in [-0.2, -0.15) is 20.1 Å². The summed E-state index contributed by atoms with van der Waals surface area (Å²) in [6.45, 7) is 4.42. The van der Waals surface area contributed by atoms with Crippen molar-refractivity contribution in [2.75, 3.05) is 41.9 Å². The van der Waals surface area contributed by atoms with Crippen molar-refractivity contribution >= 4 is 89.1 Å². The number of morpholine rings is 1. The molecule has 1 aliphatic heterocycles. The largest absolute Gasteiger partial charge is 0.506 e. The fourth-order valence-corrected chi connectivity index (χ4v) is 5.06. The molecule has 2 aromatic carbocycles. The number of halogens is 4. The van der Waals surface area contributed by atoms with Gasteiger partial charge >= 0.3 is 0 Å². The highest BCUT2D eigenvalue weighted by molar-refractivity contribution is 9.11. The minimum Gasteiger partial charge on any atom is -0.506 e. The van der Waals surface area contributed by atoms with E-state index in [2.05, 4.69) is 78.6 Å². The van der Waals surface area contributed by atoms with Gasteiger partial charge in [-0.1, -0.05) is 27.5 Å². The van der Waals surface area contributed by atoms with Crippen molar-refractivity contribution in [1.29, 1.82) is 0 Å². The number of hydrogen-bond donors (Lipinski definition) is 3. The highest BCUT2D eigenvalue weighted by Gasteiger charge is 2.17. The second kappa shape index (κ2) is 11.2. The lowest BCUT2D eigenvalue weighted by Gasteiger charge is -2.27. The molecule has 2 heterocycles. The molecule has 0 bridgehead atoms. The number of anilines is 4. The quantitative estimate of drug-likeness (QED) is 0.221. The Morgan fingerprint density at radius 2 is 1.79 bits per heavy atom. The summed E-state index contributed by atoms with van der Waals surface area (Å²) in [4.78, 5) is 15.5. The Balaban J connectivity index is 1.63. The number of aromatic nitrogens is 3. The summed E-state index contributed by atoms with van der Waals surface area (Å²) >= 11 is 16.6. The van der Waals surface area contributed by atoms with Crippen molar-refractivity contribution in [3.05, 3.63) is 53.8 Å². The van der Waals surface area contributed by atoms with E-state index in [0.29, 0.717) is 58.9 Å². The molecule has 0 amide bonds. The third-order valence-corrected chi connectivity index (χ3v) is 6.96. The Labute approximate surface area is 226 Å². The minimum absolute atomic E-state index is 0.0712. The van der Waals surface area contributed by atoms with Gasteiger partial charge in [0.25, 0.3) is 0 Å². The molecule has 0 unspecified atom stereocenters. The van der Waals surface area contributed by atoms with Gasteiger partial charge < -0.3 is 20.1 Å². The second-order valence-corrected chi connectivity index (χ2v) is 10.3. The summed E-state index contributed by atoms with van der Waals surface area (Å²) in [5, 5.41) is 18.3. The third-order valence-electron chi connectivity index (χ3n) is 4.84. The molecule has 4 rings (SSSR count). The van der Waals surface area contributed by atoms with Gasteiger partial charge in [-0.15, -0.1) is 0 Å². The number of hydrogen-bond acceptors (Lipinski definition) is 9. The van der Waals surface area contributed by atoms with E-state index in [9.17, 15) is 5.11 Å². The van der Waals surface area contributed by atoms with Gasteiger partial charge in [0.1, 0.15) is 5.75 Å². The van der Waals surface area contributed by atoms with Gasteiger partial charge in [0.2, 0.25) is 17.8 Å². The van der Waals surface area contributed by atoms with Crippen LogP contribution in [0.5, 0.6) is 5.75 Å². The molecule has 1 saturated heterocycles. The van der Waals surface area contributed by atoms with Crippen LogP contribution < -0.4 is 15.6 Å². The molecule has 0 atom stereocenters. The molecule has 1 aromatic heterocycles. The predicted octanol–water partition coefficient (Wildman–Crippen LogP) is 5.85. The van der Waals surface area contributed by atoms with Crippen molar-refractivity contribution in [2.45, 2.75) is 6.92 Å². The normalized spacial score (nSPS) is 14.0. The van der Waals surface area contributed by atoms with Gasteiger partial charge in [-0.25, -0.2) is 5.43 Å². The van der Waals surface area contributed by atoms with Crippen molar-refractivity contribution in [3.63, 3.8) is 0 Å². The first-order valence-electron chi connectivity index (χ1n) is 10.1. The number of rotatable bonds is 6. The number of phenolic OH excluding ortho intramolecular Hbond substituents is 1. The molecule has 0 aliphatic carbocycles. The number of nitrogens with zero attached hydrogens (tertiary/aromatic N) is 5. The summed E-state index contributed by atoms with van der Waals surface area (Å²) in [7, 11) is 0. The zero-order valence-corrected chi connectivity index (χ0v) is 23.3. The van der Waals surface area contributed by atoms with E-state index in [4.69, 9.17) is 16.3 Å². The van der Waals surface area contributed by atoms with Crippen molar-refractivity contribution < 1.29 is 9.84 Å². The van der Waals surface area contributed by atoms with E-state index in [1.165, 1.54) is 6.21 Å². The monoisotopic (exact) mass is 673 g/mol. The van der Waals surface area contributed by atoms with Gasteiger partial charge in [0.05, 0.1) is 29.6 Å². The zero-order valence-electron chi connectivity index (χ0n) is 17.8. The Morgan fingerprint density at radius 3 is 2.56 bits per heavy atom. The van der Waals surface area contributed by atoms with Crippen LogP contribution in [-0.2, 0) is 4.74 Å². The first-order valence-corrected chi connectivity index (χ1v) is 12.8. The Bertz CT molecular complexity index is 1240. The van der Waals surface area contributed by atoms with Gasteiger partial charge in [0.15, 0.2) is 0 Å². The molecule has 178 valence electrons. The molecular formula is C21H19Br3ClN7O2. The third kappa shape index (κ3) is 6.16. The highest BCUT2D eigenvalue weighted by Crippen LogP contribution is 2.32. The number of nitrogens with one attached hydrogen (secondary N) is 2. The molecule has 3 aromatic rings. The second-order valence-electron chi connectivity index (χ2n) is 7.28. The Morgan fingerprint density at radius 1 is 1.06 bits per heavy atom. The van der Waals surface area contributed by atoms with Crippen LogP contribution in [0.25, 0.3) is 0 Å². The average Bonchev–Trinajstić information content (AvgIpc) is 2.81. The topological polar surface area (TPSA) is 108 Å². The number of ether oxygens (including phenoxy) is 1. The van der Waals surface area contributed by atoms with Crippen LogP contribution in [-0.4, -0.2) is 52.6 Å². The number of hydrazone groups is 1. The Hall–Kier alpha value is -1.99. The molecular weight excluding hydrogens is 657 g/mol. The van der Waals surface area contributed by atoms with Crippen molar-refractivity contribution in [1.82, 2.24) is 15.0 Å². The number of benzene rings is 2. The molecule has 0 saturated carbocycles. The summed E-state index contributed by atoms with van der Waals surface area (Å²) in [5.41, 5.74) is 5.00. The van der Waals surface area contributed by atoms with Gasteiger partial charge in [0, 0.05) is 32.6 Å². The maximum atomic E-state index is 10.2. The average molecular weight is 677 g/mol. The lowest BCUT2D eigenvalue weighted by molar-refractivity contribution is 0.122. The summed E-state index contributed by atoms with van der Waals surface area (Å²) < 4.78 is 7.61. The van der Waals surface area contributed by atoms with Crippen molar-refractivity contribution in [2.24, 2.45) is 5.10 Å². The van der Waals surface area contributed by atoms with Crippen LogP contribution in [0.4, 0.5) is 23.5 Å². The number of phenols is 1. The highest BCUT2D eigenvalue weighted by atomic mass is 79.9. The zero-order chi connectivity index (χ0) is 24.2. The lowest BCUT2D eigenvalue weighted by Crippen LogP contribution is -2.37. The van der Waals surface area contributed by atoms with E-state index in [1.807, 2.05) is 17.9 Å². The van der Waals surface area contributed by atoms with E-state index in [-0.39, 0.29) is 11.7 Å². The van der Waals surface area contributed by atoms with Crippen LogP contribution in [0.1, 0.15) is 11.1 Å². The van der Waals surface area contributed by atoms with Crippen LogP contribution in [0.2, 0.25) is 5.02 Å². The predicted molar refractivity (Wildman–Crippen MR) is 145 cm³/mol. The molecule has 1 fully saturated rings. The van der Waals surface area contributed by atoms with Crippen LogP contribution in [0.3, 0.4) is 0 Å². The fraction of sp³-hybridized carbons (Fsp3) is 0.238. The van der Waals surface area contributed by atoms with E-state index >= 15 is 0 Å². The van der Waals surface area contributed by atoms with Crippen LogP contribution in [0, 0.1) is 6.92 Å². The number of aryl methyl sites for hydroxylation is 1. The van der Waals surface area contributed by atoms with Crippen LogP contribution in [0.15, 0.2) is 42.8 Å². The molecule has 34 heavy (non-hydrogen) atoms. The summed E-state index contributed by atoms with van der Waals surface area (Å²) in [6.07, 6.45) is 1.48. The summed E-state index contributed by atoms with van der Waals surface area (Å²) in [5.74, 6) is 1.11. The smallest absolute Gasteiger partial charge is 0.250 e. The number of aromatic hydroxyl groups is 1. The van der Waals surface area contributed by atoms with Crippen molar-refractivity contribution in [3.8, 4) is 5.75 Å². The summed E-state index contributed by atoms with van der Waals surface area (Å²) in [6, 6.07) is 7.21. The van der Waals surface area contributed by atoms with Gasteiger partial charge in [-0.05, 0) is 68.6 Å². The molecule has 0 spiro atoms. The lowest BCUT2D eigenvalue weighted by atomic mass is 10.2. The standard InChI is InChI=1S/C21H19Br3ClN7O2/c1-11-6-14(23)17(9-16(11)25)27-19-28-20(30-21(29-19)32-2-4-34-5-3-32)31-26-10-12-7-13(22)8-15(24)18(12)33/h6-10,33H,2-5H2,1H3,(H2,27,28,29,30,31)/b26-10+. The SMILES string of the molecule is Cc1cc(Br)c(Nc2nc(N/N=C/c3cc(Br)cc(Br)c3O)nc(N3CCOCC3)n2)cc1Cl. The van der Waals surface area contributed by atoms with E-state index in [0.717, 1.165) is 14.5 Å².